The second kappa shape index (κ2) is 5.41. The van der Waals surface area contributed by atoms with Crippen molar-refractivity contribution in [2.75, 3.05) is 7.05 Å². The average molecular weight is 195 g/mol. The van der Waals surface area contributed by atoms with Gasteiger partial charge < -0.3 is 5.73 Å². The first kappa shape index (κ1) is 11.8. The summed E-state index contributed by atoms with van der Waals surface area (Å²) in [4.78, 5) is 14.6. The van der Waals surface area contributed by atoms with E-state index in [1.165, 1.54) is 14.0 Å². The lowest BCUT2D eigenvalue weighted by molar-refractivity contribution is -0.155. The first-order valence-electron chi connectivity index (χ1n) is 3.42. The number of aliphatic imine (C=N–C) groups is 1. The minimum absolute atomic E-state index is 0.178. The lowest BCUT2D eigenvalue weighted by Crippen LogP contribution is -2.34. The van der Waals surface area contributed by atoms with Gasteiger partial charge in [0.2, 0.25) is 6.41 Å². The number of halogens is 2. The van der Waals surface area contributed by atoms with E-state index in [4.69, 9.17) is 5.73 Å². The number of carbonyl (C=O) groups excluding carboxylic acids is 1. The molecule has 0 saturated carbocycles. The number of guanidine groups is 1. The molecular weight excluding hydrogens is 184 g/mol. The van der Waals surface area contributed by atoms with E-state index < -0.39 is 12.8 Å². The highest BCUT2D eigenvalue weighted by Gasteiger charge is 2.09. The SMILES string of the molecule is CC(N=C(N)N(C)C=O)OC(F)F. The molecule has 5 nitrogen and oxygen atoms in total. The van der Waals surface area contributed by atoms with Crippen molar-refractivity contribution in [2.24, 2.45) is 10.7 Å². The Morgan fingerprint density at radius 2 is 2.23 bits per heavy atom. The first-order valence-corrected chi connectivity index (χ1v) is 3.42. The summed E-state index contributed by atoms with van der Waals surface area (Å²) in [5.41, 5.74) is 5.22. The number of rotatable bonds is 4. The summed E-state index contributed by atoms with van der Waals surface area (Å²) in [7, 11) is 1.35. The maximum Gasteiger partial charge on any atom is 0.347 e. The van der Waals surface area contributed by atoms with Crippen LogP contribution in [0.3, 0.4) is 0 Å². The molecule has 0 radical (unpaired) electrons. The van der Waals surface area contributed by atoms with E-state index in [0.717, 1.165) is 4.90 Å². The predicted octanol–water partition coefficient (Wildman–Crippen LogP) is -0.0255. The number of nitrogens with zero attached hydrogens (tertiary/aromatic N) is 2. The third-order valence-electron chi connectivity index (χ3n) is 1.13. The lowest BCUT2D eigenvalue weighted by atomic mass is 10.6. The second-order valence-electron chi connectivity index (χ2n) is 2.20. The molecule has 1 unspecified atom stereocenters. The summed E-state index contributed by atoms with van der Waals surface area (Å²) < 4.78 is 27.2. The van der Waals surface area contributed by atoms with Crippen LogP contribution in [-0.4, -0.2) is 37.2 Å². The fraction of sp³-hybridized carbons (Fsp3) is 0.667. The number of ether oxygens (including phenoxy) is 1. The van der Waals surface area contributed by atoms with Gasteiger partial charge in [-0.2, -0.15) is 8.78 Å². The van der Waals surface area contributed by atoms with E-state index >= 15 is 0 Å². The largest absolute Gasteiger partial charge is 0.369 e. The molecule has 76 valence electrons. The van der Waals surface area contributed by atoms with Crippen molar-refractivity contribution in [3.8, 4) is 0 Å². The summed E-state index contributed by atoms with van der Waals surface area (Å²) in [6, 6.07) is 0. The smallest absolute Gasteiger partial charge is 0.347 e. The molecule has 0 rings (SSSR count). The molecule has 0 aromatic heterocycles. The zero-order valence-electron chi connectivity index (χ0n) is 7.28. The van der Waals surface area contributed by atoms with Crippen LogP contribution in [0.5, 0.6) is 0 Å². The molecule has 0 aromatic rings. The number of carbonyl (C=O) groups is 1. The van der Waals surface area contributed by atoms with Gasteiger partial charge in [0.25, 0.3) is 0 Å². The van der Waals surface area contributed by atoms with Gasteiger partial charge in [0, 0.05) is 7.05 Å². The molecule has 2 N–H and O–H groups in total. The highest BCUT2D eigenvalue weighted by atomic mass is 19.3. The summed E-state index contributed by atoms with van der Waals surface area (Å²) in [5, 5.41) is 0. The van der Waals surface area contributed by atoms with Crippen LogP contribution in [0.1, 0.15) is 6.92 Å². The maximum atomic E-state index is 11.6. The number of nitrogens with two attached hydrogens (primary N) is 1. The Morgan fingerprint density at radius 3 is 2.62 bits per heavy atom. The van der Waals surface area contributed by atoms with Crippen molar-refractivity contribution in [3.63, 3.8) is 0 Å². The highest BCUT2D eigenvalue weighted by molar-refractivity contribution is 5.87. The molecule has 0 fully saturated rings. The Kier molecular flexibility index (Phi) is 4.90. The number of alkyl halides is 2. The van der Waals surface area contributed by atoms with Gasteiger partial charge >= 0.3 is 6.61 Å². The fourth-order valence-electron chi connectivity index (χ4n) is 0.511. The van der Waals surface area contributed by atoms with Crippen LogP contribution < -0.4 is 5.73 Å². The van der Waals surface area contributed by atoms with Crippen molar-refractivity contribution in [3.05, 3.63) is 0 Å². The Labute approximate surface area is 74.2 Å². The van der Waals surface area contributed by atoms with E-state index in [-0.39, 0.29) is 5.96 Å². The first-order chi connectivity index (χ1) is 5.97. The monoisotopic (exact) mass is 195 g/mol. The molecule has 13 heavy (non-hydrogen) atoms. The van der Waals surface area contributed by atoms with E-state index in [0.29, 0.717) is 6.41 Å². The van der Waals surface area contributed by atoms with Crippen LogP contribution in [0, 0.1) is 0 Å². The van der Waals surface area contributed by atoms with Crippen molar-refractivity contribution in [2.45, 2.75) is 19.8 Å². The Bertz CT molecular complexity index is 198. The molecule has 0 spiro atoms. The molecule has 0 aliphatic rings. The van der Waals surface area contributed by atoms with Crippen LogP contribution in [0.2, 0.25) is 0 Å². The van der Waals surface area contributed by atoms with Gasteiger partial charge in [-0.15, -0.1) is 0 Å². The maximum absolute atomic E-state index is 11.6. The topological polar surface area (TPSA) is 67.9 Å². The molecule has 0 aliphatic heterocycles. The zero-order valence-corrected chi connectivity index (χ0v) is 7.28. The molecule has 0 saturated heterocycles. The number of amides is 1. The summed E-state index contributed by atoms with van der Waals surface area (Å²) in [5.74, 6) is -0.178. The Hall–Kier alpha value is -1.24. The quantitative estimate of drug-likeness (QED) is 0.389. The van der Waals surface area contributed by atoms with Gasteiger partial charge in [0.15, 0.2) is 12.2 Å². The van der Waals surface area contributed by atoms with Gasteiger partial charge in [-0.1, -0.05) is 0 Å². The summed E-state index contributed by atoms with van der Waals surface area (Å²) in [6.45, 7) is -1.62. The minimum Gasteiger partial charge on any atom is -0.369 e. The Morgan fingerprint density at radius 1 is 1.69 bits per heavy atom. The molecule has 0 aromatic carbocycles. The van der Waals surface area contributed by atoms with Crippen molar-refractivity contribution >= 4 is 12.4 Å². The van der Waals surface area contributed by atoms with Gasteiger partial charge in [0.05, 0.1) is 0 Å². The molecule has 0 bridgehead atoms. The van der Waals surface area contributed by atoms with Crippen LogP contribution in [0.15, 0.2) is 4.99 Å². The van der Waals surface area contributed by atoms with Crippen LogP contribution >= 0.6 is 0 Å². The second-order valence-corrected chi connectivity index (χ2v) is 2.20. The van der Waals surface area contributed by atoms with Crippen LogP contribution in [-0.2, 0) is 9.53 Å². The van der Waals surface area contributed by atoms with Crippen LogP contribution in [0.25, 0.3) is 0 Å². The van der Waals surface area contributed by atoms with Crippen molar-refractivity contribution in [1.82, 2.24) is 4.90 Å². The van der Waals surface area contributed by atoms with E-state index in [1.54, 1.807) is 0 Å². The normalized spacial score (nSPS) is 14.4. The third-order valence-corrected chi connectivity index (χ3v) is 1.13. The molecule has 7 heteroatoms. The van der Waals surface area contributed by atoms with E-state index in [9.17, 15) is 13.6 Å². The predicted molar refractivity (Wildman–Crippen MR) is 42.0 cm³/mol. The molecular formula is C6H11F2N3O2. The molecule has 1 atom stereocenters. The molecule has 0 aliphatic carbocycles. The third kappa shape index (κ3) is 5.07. The number of hydrogen-bond donors (Lipinski definition) is 1. The average Bonchev–Trinajstić information content (AvgIpc) is 2.01. The lowest BCUT2D eigenvalue weighted by Gasteiger charge is -2.12. The van der Waals surface area contributed by atoms with E-state index in [1.807, 2.05) is 0 Å². The molecule has 1 amide bonds. The van der Waals surface area contributed by atoms with E-state index in [2.05, 4.69) is 9.73 Å². The fourth-order valence-corrected chi connectivity index (χ4v) is 0.511. The number of hydrogen-bond acceptors (Lipinski definition) is 3. The minimum atomic E-state index is -2.91. The Balaban J connectivity index is 4.12. The highest BCUT2D eigenvalue weighted by Crippen LogP contribution is 2.01. The zero-order chi connectivity index (χ0) is 10.4. The standard InChI is InChI=1S/C6H11F2N3O2/c1-4(13-5(7)8)10-6(9)11(2)3-12/h3-5H,1-2H3,(H2,9,10). The molecule has 0 heterocycles. The summed E-state index contributed by atoms with van der Waals surface area (Å²) in [6.07, 6.45) is -0.670. The van der Waals surface area contributed by atoms with Crippen molar-refractivity contribution < 1.29 is 18.3 Å². The van der Waals surface area contributed by atoms with Crippen LogP contribution in [0.4, 0.5) is 8.78 Å². The summed E-state index contributed by atoms with van der Waals surface area (Å²) >= 11 is 0. The van der Waals surface area contributed by atoms with Gasteiger partial charge in [0.1, 0.15) is 0 Å². The van der Waals surface area contributed by atoms with Gasteiger partial charge in [-0.25, -0.2) is 4.99 Å². The van der Waals surface area contributed by atoms with Gasteiger partial charge in [-0.3, -0.25) is 14.4 Å². The van der Waals surface area contributed by atoms with Gasteiger partial charge in [-0.05, 0) is 6.92 Å². The van der Waals surface area contributed by atoms with Crippen molar-refractivity contribution in [1.29, 1.82) is 0 Å².